The molecule has 0 radical (unpaired) electrons. The van der Waals surface area contributed by atoms with Gasteiger partial charge < -0.3 is 14.9 Å². The summed E-state index contributed by atoms with van der Waals surface area (Å²) in [6.07, 6.45) is 0.880. The number of hydrogen-bond donors (Lipinski definition) is 2. The first-order valence-corrected chi connectivity index (χ1v) is 10.3. The van der Waals surface area contributed by atoms with Crippen LogP contribution in [0.4, 0.5) is 0 Å². The Kier molecular flexibility index (Phi) is 8.19. The Morgan fingerprint density at radius 2 is 1.40 bits per heavy atom. The van der Waals surface area contributed by atoms with E-state index in [1.165, 1.54) is 11.1 Å². The third-order valence-corrected chi connectivity index (χ3v) is 5.16. The van der Waals surface area contributed by atoms with Crippen molar-refractivity contribution in [2.75, 3.05) is 6.61 Å². The van der Waals surface area contributed by atoms with Gasteiger partial charge in [-0.1, -0.05) is 84.9 Å². The molecule has 0 aliphatic heterocycles. The molecule has 156 valence electrons. The molecule has 0 saturated carbocycles. The van der Waals surface area contributed by atoms with Gasteiger partial charge in [0, 0.05) is 0 Å². The van der Waals surface area contributed by atoms with Crippen molar-refractivity contribution in [3.05, 3.63) is 107 Å². The third kappa shape index (κ3) is 6.55. The van der Waals surface area contributed by atoms with Crippen LogP contribution in [0.15, 0.2) is 84.9 Å². The number of ether oxygens (including phenoxy) is 1. The van der Waals surface area contributed by atoms with Crippen LogP contribution >= 0.6 is 0 Å². The minimum Gasteiger partial charge on any atom is -0.460 e. The highest BCUT2D eigenvalue weighted by Crippen LogP contribution is 2.17. The Labute approximate surface area is 177 Å². The number of aryl methyl sites for hydroxylation is 1. The summed E-state index contributed by atoms with van der Waals surface area (Å²) in [4.78, 5) is 12.3. The predicted octanol–water partition coefficient (Wildman–Crippen LogP) is 3.92. The quantitative estimate of drug-likeness (QED) is 0.503. The molecular formula is C26H28O4. The highest BCUT2D eigenvalue weighted by Gasteiger charge is 2.27. The maximum Gasteiger partial charge on any atom is 0.314 e. The van der Waals surface area contributed by atoms with E-state index >= 15 is 0 Å². The molecule has 4 heteroatoms. The maximum atomic E-state index is 12.3. The predicted molar refractivity (Wildman–Crippen MR) is 117 cm³/mol. The minimum atomic E-state index is -0.962. The van der Waals surface area contributed by atoms with Crippen LogP contribution in [-0.2, 0) is 29.0 Å². The molecular weight excluding hydrogens is 376 g/mol. The van der Waals surface area contributed by atoms with E-state index in [0.29, 0.717) is 12.8 Å². The third-order valence-electron chi connectivity index (χ3n) is 5.16. The first kappa shape index (κ1) is 21.8. The maximum absolute atomic E-state index is 12.3. The number of carbonyl (C=O) groups is 1. The van der Waals surface area contributed by atoms with E-state index in [2.05, 4.69) is 24.3 Å². The molecule has 0 fully saturated rings. The molecule has 0 saturated heterocycles. The molecule has 3 rings (SSSR count). The second kappa shape index (κ2) is 11.3. The zero-order chi connectivity index (χ0) is 21.2. The molecule has 0 amide bonds. The molecule has 0 bridgehead atoms. The van der Waals surface area contributed by atoms with Gasteiger partial charge >= 0.3 is 5.97 Å². The monoisotopic (exact) mass is 404 g/mol. The molecule has 3 aromatic rings. The topological polar surface area (TPSA) is 66.8 Å². The van der Waals surface area contributed by atoms with E-state index in [1.54, 1.807) is 0 Å². The SMILES string of the molecule is O=C(OCc1ccccc1)[C@H](CO)[C@H](O)CCc1cccc(Cc2ccccc2)c1. The molecule has 30 heavy (non-hydrogen) atoms. The second-order valence-electron chi connectivity index (χ2n) is 7.47. The number of carbonyl (C=O) groups excluding carboxylic acids is 1. The van der Waals surface area contributed by atoms with E-state index < -0.39 is 24.6 Å². The Morgan fingerprint density at radius 1 is 0.800 bits per heavy atom. The Morgan fingerprint density at radius 3 is 2.07 bits per heavy atom. The number of hydrogen-bond acceptors (Lipinski definition) is 4. The first-order chi connectivity index (χ1) is 14.7. The summed E-state index contributed by atoms with van der Waals surface area (Å²) in [5, 5.41) is 20.1. The highest BCUT2D eigenvalue weighted by molar-refractivity contribution is 5.73. The molecule has 0 unspecified atom stereocenters. The standard InChI is InChI=1S/C26H28O4/c27-18-24(26(29)30-19-22-10-5-2-6-11-22)25(28)15-14-21-12-7-13-23(17-21)16-20-8-3-1-4-9-20/h1-13,17,24-25,27-28H,14-16,18-19H2/t24-,25-/m1/s1. The van der Waals surface area contributed by atoms with Crippen LogP contribution in [0, 0.1) is 5.92 Å². The summed E-state index contributed by atoms with van der Waals surface area (Å²) in [5.74, 6) is -1.52. The van der Waals surface area contributed by atoms with Crippen LogP contribution in [0.3, 0.4) is 0 Å². The van der Waals surface area contributed by atoms with Gasteiger partial charge in [-0.2, -0.15) is 0 Å². The number of aliphatic hydroxyl groups excluding tert-OH is 2. The lowest BCUT2D eigenvalue weighted by Gasteiger charge is -2.20. The molecule has 3 aromatic carbocycles. The van der Waals surface area contributed by atoms with Crippen LogP contribution in [0.5, 0.6) is 0 Å². The fraction of sp³-hybridized carbons (Fsp3) is 0.269. The molecule has 0 aliphatic carbocycles. The van der Waals surface area contributed by atoms with E-state index in [4.69, 9.17) is 4.74 Å². The molecule has 2 N–H and O–H groups in total. The van der Waals surface area contributed by atoms with Crippen molar-refractivity contribution in [1.82, 2.24) is 0 Å². The van der Waals surface area contributed by atoms with E-state index in [0.717, 1.165) is 17.5 Å². The van der Waals surface area contributed by atoms with Crippen molar-refractivity contribution in [2.45, 2.75) is 32.0 Å². The van der Waals surface area contributed by atoms with Gasteiger partial charge in [-0.15, -0.1) is 0 Å². The summed E-state index contributed by atoms with van der Waals surface area (Å²) in [5.41, 5.74) is 4.41. The number of benzene rings is 3. The van der Waals surface area contributed by atoms with Crippen molar-refractivity contribution in [3.63, 3.8) is 0 Å². The minimum absolute atomic E-state index is 0.129. The van der Waals surface area contributed by atoms with Gasteiger partial charge in [0.25, 0.3) is 0 Å². The lowest BCUT2D eigenvalue weighted by Crippen LogP contribution is -2.33. The van der Waals surface area contributed by atoms with Crippen molar-refractivity contribution >= 4 is 5.97 Å². The van der Waals surface area contributed by atoms with Crippen LogP contribution in [0.1, 0.15) is 28.7 Å². The lowest BCUT2D eigenvalue weighted by molar-refractivity contribution is -0.156. The van der Waals surface area contributed by atoms with E-state index in [-0.39, 0.29) is 6.61 Å². The molecule has 4 nitrogen and oxygen atoms in total. The second-order valence-corrected chi connectivity index (χ2v) is 7.47. The van der Waals surface area contributed by atoms with Crippen molar-refractivity contribution in [1.29, 1.82) is 0 Å². The number of aliphatic hydroxyl groups is 2. The number of rotatable bonds is 10. The van der Waals surface area contributed by atoms with Crippen LogP contribution in [-0.4, -0.2) is 28.9 Å². The Hall–Kier alpha value is -2.95. The zero-order valence-corrected chi connectivity index (χ0v) is 17.0. The first-order valence-electron chi connectivity index (χ1n) is 10.3. The average Bonchev–Trinajstić information content (AvgIpc) is 2.78. The number of esters is 1. The van der Waals surface area contributed by atoms with Crippen molar-refractivity contribution in [2.24, 2.45) is 5.92 Å². The zero-order valence-electron chi connectivity index (χ0n) is 17.0. The average molecular weight is 405 g/mol. The summed E-state index contributed by atoms with van der Waals surface area (Å²) >= 11 is 0. The molecule has 2 atom stereocenters. The normalized spacial score (nSPS) is 12.9. The lowest BCUT2D eigenvalue weighted by atomic mass is 9.95. The molecule has 0 aliphatic rings. The van der Waals surface area contributed by atoms with Crippen LogP contribution < -0.4 is 0 Å². The largest absolute Gasteiger partial charge is 0.460 e. The smallest absolute Gasteiger partial charge is 0.314 e. The van der Waals surface area contributed by atoms with Gasteiger partial charge in [-0.25, -0.2) is 0 Å². The Balaban J connectivity index is 1.52. The van der Waals surface area contributed by atoms with Crippen molar-refractivity contribution < 1.29 is 19.7 Å². The van der Waals surface area contributed by atoms with E-state index in [9.17, 15) is 15.0 Å². The van der Waals surface area contributed by atoms with Crippen LogP contribution in [0.25, 0.3) is 0 Å². The molecule has 0 aromatic heterocycles. The fourth-order valence-electron chi connectivity index (χ4n) is 3.43. The van der Waals surface area contributed by atoms with Gasteiger partial charge in [-0.3, -0.25) is 4.79 Å². The van der Waals surface area contributed by atoms with Gasteiger partial charge in [0.15, 0.2) is 0 Å². The fourth-order valence-corrected chi connectivity index (χ4v) is 3.43. The van der Waals surface area contributed by atoms with Gasteiger partial charge in [-0.05, 0) is 41.5 Å². The van der Waals surface area contributed by atoms with Gasteiger partial charge in [0.1, 0.15) is 12.5 Å². The summed E-state index contributed by atoms with van der Waals surface area (Å²) in [6, 6.07) is 27.9. The van der Waals surface area contributed by atoms with Gasteiger partial charge in [0.2, 0.25) is 0 Å². The molecule has 0 heterocycles. The van der Waals surface area contributed by atoms with Crippen LogP contribution in [0.2, 0.25) is 0 Å². The van der Waals surface area contributed by atoms with Crippen molar-refractivity contribution in [3.8, 4) is 0 Å². The summed E-state index contributed by atoms with van der Waals surface area (Å²) in [7, 11) is 0. The van der Waals surface area contributed by atoms with Gasteiger partial charge in [0.05, 0.1) is 12.7 Å². The van der Waals surface area contributed by atoms with E-state index in [1.807, 2.05) is 60.7 Å². The summed E-state index contributed by atoms with van der Waals surface area (Å²) < 4.78 is 5.28. The molecule has 0 spiro atoms. The Bertz CT molecular complexity index is 909. The summed E-state index contributed by atoms with van der Waals surface area (Å²) in [6.45, 7) is -0.312. The highest BCUT2D eigenvalue weighted by atomic mass is 16.5.